The number of carbonyl (C=O) groups is 3. The van der Waals surface area contributed by atoms with Crippen LogP contribution in [0.15, 0.2) is 30.3 Å². The van der Waals surface area contributed by atoms with Gasteiger partial charge in [-0.3, -0.25) is 19.1 Å². The number of nitrogens with zero attached hydrogens (tertiary/aromatic N) is 4. The SMILES string of the molecule is CC(C)CCNC(=O)C1CCN(C(=O)c2nn(C)c3c2CN(C(=O)c2ccccc2)CC3)CC1. The third-order valence-electron chi connectivity index (χ3n) is 6.93. The highest BCUT2D eigenvalue weighted by atomic mass is 16.2. The molecule has 0 radical (unpaired) electrons. The van der Waals surface area contributed by atoms with E-state index in [0.717, 1.165) is 17.7 Å². The molecule has 1 fully saturated rings. The van der Waals surface area contributed by atoms with E-state index in [4.69, 9.17) is 0 Å². The van der Waals surface area contributed by atoms with Crippen LogP contribution in [0.25, 0.3) is 0 Å². The summed E-state index contributed by atoms with van der Waals surface area (Å²) in [6.45, 7) is 7.05. The van der Waals surface area contributed by atoms with Crippen LogP contribution in [0.2, 0.25) is 0 Å². The monoisotopic (exact) mass is 465 g/mol. The van der Waals surface area contributed by atoms with Gasteiger partial charge in [-0.05, 0) is 37.3 Å². The largest absolute Gasteiger partial charge is 0.356 e. The highest BCUT2D eigenvalue weighted by Gasteiger charge is 2.34. The zero-order valence-electron chi connectivity index (χ0n) is 20.4. The number of rotatable bonds is 6. The number of piperidine rings is 1. The van der Waals surface area contributed by atoms with Gasteiger partial charge in [0.05, 0.1) is 6.54 Å². The predicted molar refractivity (Wildman–Crippen MR) is 129 cm³/mol. The van der Waals surface area contributed by atoms with E-state index < -0.39 is 0 Å². The van der Waals surface area contributed by atoms with Gasteiger partial charge in [-0.25, -0.2) is 0 Å². The highest BCUT2D eigenvalue weighted by molar-refractivity contribution is 5.96. The molecule has 1 aromatic carbocycles. The second-order valence-electron chi connectivity index (χ2n) is 9.78. The Balaban J connectivity index is 1.40. The van der Waals surface area contributed by atoms with Crippen LogP contribution in [0, 0.1) is 11.8 Å². The quantitative estimate of drug-likeness (QED) is 0.711. The van der Waals surface area contributed by atoms with Crippen molar-refractivity contribution in [1.29, 1.82) is 0 Å². The number of likely N-dealkylation sites (tertiary alicyclic amines) is 1. The summed E-state index contributed by atoms with van der Waals surface area (Å²) in [5, 5.41) is 7.59. The third-order valence-corrected chi connectivity index (χ3v) is 6.93. The average molecular weight is 466 g/mol. The van der Waals surface area contributed by atoms with E-state index in [1.807, 2.05) is 37.4 Å². The lowest BCUT2D eigenvalue weighted by Crippen LogP contribution is -2.44. The fourth-order valence-electron chi connectivity index (χ4n) is 4.82. The molecular weight excluding hydrogens is 430 g/mol. The molecular formula is C26H35N5O3. The van der Waals surface area contributed by atoms with Gasteiger partial charge in [0, 0.05) is 62.4 Å². The summed E-state index contributed by atoms with van der Waals surface area (Å²) < 4.78 is 1.78. The van der Waals surface area contributed by atoms with Crippen molar-refractivity contribution >= 4 is 17.7 Å². The van der Waals surface area contributed by atoms with E-state index in [2.05, 4.69) is 24.3 Å². The molecule has 3 amide bonds. The maximum absolute atomic E-state index is 13.4. The van der Waals surface area contributed by atoms with Crippen molar-refractivity contribution in [3.63, 3.8) is 0 Å². The first-order chi connectivity index (χ1) is 16.3. The first-order valence-corrected chi connectivity index (χ1v) is 12.3. The molecule has 1 saturated heterocycles. The Morgan fingerprint density at radius 1 is 1.03 bits per heavy atom. The summed E-state index contributed by atoms with van der Waals surface area (Å²) in [6.07, 6.45) is 2.96. The fourth-order valence-corrected chi connectivity index (χ4v) is 4.82. The summed E-state index contributed by atoms with van der Waals surface area (Å²) in [7, 11) is 1.86. The number of hydrogen-bond donors (Lipinski definition) is 1. The van der Waals surface area contributed by atoms with E-state index in [-0.39, 0.29) is 23.6 Å². The molecule has 4 rings (SSSR count). The average Bonchev–Trinajstić information content (AvgIpc) is 3.19. The molecule has 0 saturated carbocycles. The van der Waals surface area contributed by atoms with E-state index in [9.17, 15) is 14.4 Å². The molecule has 3 heterocycles. The van der Waals surface area contributed by atoms with E-state index in [1.165, 1.54) is 0 Å². The molecule has 0 atom stereocenters. The Labute approximate surface area is 201 Å². The van der Waals surface area contributed by atoms with Gasteiger partial charge in [0.2, 0.25) is 5.91 Å². The molecule has 182 valence electrons. The standard InChI is InChI=1S/C26H35N5O3/c1-18(2)9-13-27-24(32)19-10-14-30(15-11-19)26(34)23-21-17-31(16-12-22(21)29(3)28-23)25(33)20-7-5-4-6-8-20/h4-8,18-19H,9-17H2,1-3H3,(H,27,32). The minimum atomic E-state index is -0.107. The molecule has 8 heteroatoms. The summed E-state index contributed by atoms with van der Waals surface area (Å²) in [6, 6.07) is 9.24. The van der Waals surface area contributed by atoms with E-state index in [0.29, 0.717) is 69.2 Å². The zero-order chi connectivity index (χ0) is 24.2. The minimum Gasteiger partial charge on any atom is -0.356 e. The van der Waals surface area contributed by atoms with Crippen molar-refractivity contribution in [3.8, 4) is 0 Å². The molecule has 34 heavy (non-hydrogen) atoms. The van der Waals surface area contributed by atoms with Crippen LogP contribution in [0.4, 0.5) is 0 Å². The first kappa shape index (κ1) is 24.0. The Kier molecular flexibility index (Phi) is 7.34. The molecule has 8 nitrogen and oxygen atoms in total. The van der Waals surface area contributed by atoms with Gasteiger partial charge >= 0.3 is 0 Å². The van der Waals surface area contributed by atoms with Crippen LogP contribution in [-0.4, -0.2) is 63.5 Å². The summed E-state index contributed by atoms with van der Waals surface area (Å²) in [5.41, 5.74) is 2.94. The molecule has 2 aliphatic rings. The number of benzene rings is 1. The van der Waals surface area contributed by atoms with Crippen LogP contribution in [0.5, 0.6) is 0 Å². The number of hydrogen-bond acceptors (Lipinski definition) is 4. The van der Waals surface area contributed by atoms with Crippen LogP contribution in [0.3, 0.4) is 0 Å². The Hall–Kier alpha value is -3.16. The number of amides is 3. The van der Waals surface area contributed by atoms with Crippen molar-refractivity contribution in [2.45, 2.75) is 46.1 Å². The number of fused-ring (bicyclic) bond motifs is 1. The maximum Gasteiger partial charge on any atom is 0.274 e. The predicted octanol–water partition coefficient (Wildman–Crippen LogP) is 2.63. The van der Waals surface area contributed by atoms with Gasteiger partial charge in [0.1, 0.15) is 0 Å². The maximum atomic E-state index is 13.4. The Morgan fingerprint density at radius 2 is 1.74 bits per heavy atom. The van der Waals surface area contributed by atoms with Gasteiger partial charge in [-0.15, -0.1) is 0 Å². The molecule has 1 aromatic heterocycles. The number of aromatic nitrogens is 2. The van der Waals surface area contributed by atoms with Crippen LogP contribution in [-0.2, 0) is 24.8 Å². The topological polar surface area (TPSA) is 87.5 Å². The lowest BCUT2D eigenvalue weighted by atomic mass is 9.95. The third kappa shape index (κ3) is 5.16. The fraction of sp³-hybridized carbons (Fsp3) is 0.538. The lowest BCUT2D eigenvalue weighted by Gasteiger charge is -2.32. The summed E-state index contributed by atoms with van der Waals surface area (Å²) in [4.78, 5) is 42.4. The van der Waals surface area contributed by atoms with Crippen molar-refractivity contribution in [1.82, 2.24) is 24.9 Å². The van der Waals surface area contributed by atoms with Crippen molar-refractivity contribution < 1.29 is 14.4 Å². The molecule has 2 aliphatic heterocycles. The van der Waals surface area contributed by atoms with Crippen molar-refractivity contribution in [2.75, 3.05) is 26.2 Å². The molecule has 2 aromatic rings. The number of nitrogens with one attached hydrogen (secondary N) is 1. The first-order valence-electron chi connectivity index (χ1n) is 12.3. The normalized spacial score (nSPS) is 16.5. The molecule has 0 spiro atoms. The van der Waals surface area contributed by atoms with E-state index in [1.54, 1.807) is 14.5 Å². The van der Waals surface area contributed by atoms with Gasteiger partial charge in [0.15, 0.2) is 5.69 Å². The summed E-state index contributed by atoms with van der Waals surface area (Å²) in [5.74, 6) is 0.469. The van der Waals surface area contributed by atoms with Crippen molar-refractivity contribution in [3.05, 3.63) is 52.8 Å². The molecule has 1 N–H and O–H groups in total. The van der Waals surface area contributed by atoms with Gasteiger partial charge in [-0.1, -0.05) is 32.0 Å². The van der Waals surface area contributed by atoms with Crippen LogP contribution in [0.1, 0.15) is 65.2 Å². The molecule has 0 unspecified atom stereocenters. The second-order valence-corrected chi connectivity index (χ2v) is 9.78. The van der Waals surface area contributed by atoms with E-state index >= 15 is 0 Å². The summed E-state index contributed by atoms with van der Waals surface area (Å²) >= 11 is 0. The van der Waals surface area contributed by atoms with Gasteiger partial charge in [0.25, 0.3) is 11.8 Å². The Morgan fingerprint density at radius 3 is 2.41 bits per heavy atom. The number of carbonyl (C=O) groups excluding carboxylic acids is 3. The zero-order valence-corrected chi connectivity index (χ0v) is 20.4. The van der Waals surface area contributed by atoms with Crippen LogP contribution < -0.4 is 5.32 Å². The number of aryl methyl sites for hydroxylation is 1. The van der Waals surface area contributed by atoms with Crippen LogP contribution >= 0.6 is 0 Å². The lowest BCUT2D eigenvalue weighted by molar-refractivity contribution is -0.126. The van der Waals surface area contributed by atoms with Gasteiger partial charge < -0.3 is 15.1 Å². The van der Waals surface area contributed by atoms with Gasteiger partial charge in [-0.2, -0.15) is 5.10 Å². The minimum absolute atomic E-state index is 0.0298. The molecule has 0 aliphatic carbocycles. The van der Waals surface area contributed by atoms with Crippen molar-refractivity contribution in [2.24, 2.45) is 18.9 Å². The molecule has 0 bridgehead atoms. The second kappa shape index (κ2) is 10.4. The highest BCUT2D eigenvalue weighted by Crippen LogP contribution is 2.26. The smallest absolute Gasteiger partial charge is 0.274 e. The Bertz CT molecular complexity index is 1040.